The number of hydrogen-bond acceptors (Lipinski definition) is 2. The van der Waals surface area contributed by atoms with Crippen LogP contribution in [-0.2, 0) is 13.2 Å². The zero-order valence-electron chi connectivity index (χ0n) is 10.00. The minimum absolute atomic E-state index is 0.355. The number of nitrogens with two attached hydrogens (primary N) is 1. The standard InChI is InChI=1S/C14H12Cl3NO/c15-11-5-4-9(6-13(11)17)8-19-14-10(7-18)2-1-3-12(14)16/h1-6H,7-8,18H2. The van der Waals surface area contributed by atoms with Crippen LogP contribution < -0.4 is 10.5 Å². The van der Waals surface area contributed by atoms with Crippen molar-refractivity contribution < 1.29 is 4.74 Å². The Morgan fingerprint density at radius 3 is 2.42 bits per heavy atom. The van der Waals surface area contributed by atoms with E-state index < -0.39 is 0 Å². The number of benzene rings is 2. The number of halogens is 3. The Labute approximate surface area is 127 Å². The normalized spacial score (nSPS) is 10.5. The lowest BCUT2D eigenvalue weighted by molar-refractivity contribution is 0.303. The Hall–Kier alpha value is -0.930. The van der Waals surface area contributed by atoms with E-state index in [1.54, 1.807) is 18.2 Å². The van der Waals surface area contributed by atoms with Crippen molar-refractivity contribution in [2.24, 2.45) is 5.73 Å². The van der Waals surface area contributed by atoms with Crippen molar-refractivity contribution in [3.8, 4) is 5.75 Å². The van der Waals surface area contributed by atoms with Gasteiger partial charge in [-0.25, -0.2) is 0 Å². The summed E-state index contributed by atoms with van der Waals surface area (Å²) in [5, 5.41) is 1.56. The molecule has 0 bridgehead atoms. The predicted octanol–water partition coefficient (Wildman–Crippen LogP) is 4.68. The lowest BCUT2D eigenvalue weighted by Gasteiger charge is -2.12. The average molecular weight is 317 g/mol. The molecule has 0 heterocycles. The molecule has 0 fully saturated rings. The van der Waals surface area contributed by atoms with Gasteiger partial charge in [-0.3, -0.25) is 0 Å². The second-order valence-electron chi connectivity index (χ2n) is 3.97. The molecule has 0 aliphatic rings. The van der Waals surface area contributed by atoms with E-state index in [-0.39, 0.29) is 0 Å². The van der Waals surface area contributed by atoms with E-state index in [1.165, 1.54) is 0 Å². The van der Waals surface area contributed by atoms with Crippen molar-refractivity contribution in [2.45, 2.75) is 13.2 Å². The maximum absolute atomic E-state index is 6.10. The van der Waals surface area contributed by atoms with E-state index in [0.717, 1.165) is 11.1 Å². The molecular formula is C14H12Cl3NO. The quantitative estimate of drug-likeness (QED) is 0.888. The van der Waals surface area contributed by atoms with E-state index in [1.807, 2.05) is 18.2 Å². The fourth-order valence-corrected chi connectivity index (χ4v) is 2.23. The first-order valence-electron chi connectivity index (χ1n) is 5.66. The minimum Gasteiger partial charge on any atom is -0.487 e. The summed E-state index contributed by atoms with van der Waals surface area (Å²) in [5.41, 5.74) is 7.44. The molecule has 19 heavy (non-hydrogen) atoms. The Morgan fingerprint density at radius 2 is 1.74 bits per heavy atom. The molecular weight excluding hydrogens is 305 g/mol. The van der Waals surface area contributed by atoms with E-state index in [4.69, 9.17) is 45.3 Å². The van der Waals surface area contributed by atoms with Crippen LogP contribution in [0.3, 0.4) is 0 Å². The zero-order valence-corrected chi connectivity index (χ0v) is 12.3. The van der Waals surface area contributed by atoms with Crippen LogP contribution in [0.15, 0.2) is 36.4 Å². The molecule has 2 N–H and O–H groups in total. The Kier molecular flexibility index (Phi) is 4.94. The Morgan fingerprint density at radius 1 is 0.947 bits per heavy atom. The smallest absolute Gasteiger partial charge is 0.142 e. The van der Waals surface area contributed by atoms with Gasteiger partial charge in [0.05, 0.1) is 15.1 Å². The molecule has 0 aromatic heterocycles. The molecule has 0 spiro atoms. The van der Waals surface area contributed by atoms with Gasteiger partial charge >= 0.3 is 0 Å². The Balaban J connectivity index is 2.16. The molecule has 0 saturated heterocycles. The highest BCUT2D eigenvalue weighted by Crippen LogP contribution is 2.30. The molecule has 0 radical (unpaired) electrons. The molecule has 0 aliphatic carbocycles. The highest BCUT2D eigenvalue weighted by Gasteiger charge is 2.08. The van der Waals surface area contributed by atoms with Gasteiger partial charge in [-0.05, 0) is 23.8 Å². The summed E-state index contributed by atoms with van der Waals surface area (Å²) in [7, 11) is 0. The highest BCUT2D eigenvalue weighted by atomic mass is 35.5. The van der Waals surface area contributed by atoms with Crippen molar-refractivity contribution in [2.75, 3.05) is 0 Å². The lowest BCUT2D eigenvalue weighted by Crippen LogP contribution is -2.03. The van der Waals surface area contributed by atoms with Gasteiger partial charge in [0.1, 0.15) is 12.4 Å². The van der Waals surface area contributed by atoms with Crippen LogP contribution >= 0.6 is 34.8 Å². The summed E-state index contributed by atoms with van der Waals surface area (Å²) in [6.07, 6.45) is 0. The van der Waals surface area contributed by atoms with Gasteiger partial charge in [-0.15, -0.1) is 0 Å². The average Bonchev–Trinajstić information content (AvgIpc) is 2.41. The largest absolute Gasteiger partial charge is 0.487 e. The summed E-state index contributed by atoms with van der Waals surface area (Å²) in [6, 6.07) is 10.9. The molecule has 2 aromatic carbocycles. The lowest BCUT2D eigenvalue weighted by atomic mass is 10.2. The first-order chi connectivity index (χ1) is 9.11. The predicted molar refractivity (Wildman–Crippen MR) is 80.1 cm³/mol. The third-order valence-corrected chi connectivity index (χ3v) is 3.67. The van der Waals surface area contributed by atoms with Gasteiger partial charge in [0.15, 0.2) is 0 Å². The number of hydrogen-bond donors (Lipinski definition) is 1. The van der Waals surface area contributed by atoms with Gasteiger partial charge in [0.2, 0.25) is 0 Å². The van der Waals surface area contributed by atoms with Crippen LogP contribution in [-0.4, -0.2) is 0 Å². The van der Waals surface area contributed by atoms with Crippen LogP contribution in [0.5, 0.6) is 5.75 Å². The van der Waals surface area contributed by atoms with Gasteiger partial charge in [0.25, 0.3) is 0 Å². The number of para-hydroxylation sites is 1. The molecule has 5 heteroatoms. The fraction of sp³-hybridized carbons (Fsp3) is 0.143. The summed E-state index contributed by atoms with van der Waals surface area (Å²) in [4.78, 5) is 0. The third-order valence-electron chi connectivity index (χ3n) is 2.64. The van der Waals surface area contributed by atoms with Crippen LogP contribution in [0.2, 0.25) is 15.1 Å². The second kappa shape index (κ2) is 6.49. The van der Waals surface area contributed by atoms with Gasteiger partial charge in [0, 0.05) is 12.1 Å². The van der Waals surface area contributed by atoms with Crippen molar-refractivity contribution in [1.29, 1.82) is 0 Å². The zero-order chi connectivity index (χ0) is 13.8. The Bertz CT molecular complexity index is 587. The number of ether oxygens (including phenoxy) is 1. The fourth-order valence-electron chi connectivity index (χ4n) is 1.66. The highest BCUT2D eigenvalue weighted by molar-refractivity contribution is 6.42. The van der Waals surface area contributed by atoms with Crippen LogP contribution in [0, 0.1) is 0 Å². The number of rotatable bonds is 4. The SMILES string of the molecule is NCc1cccc(Cl)c1OCc1ccc(Cl)c(Cl)c1. The molecule has 0 aliphatic heterocycles. The van der Waals surface area contributed by atoms with Crippen molar-refractivity contribution in [3.05, 3.63) is 62.6 Å². The van der Waals surface area contributed by atoms with Crippen molar-refractivity contribution >= 4 is 34.8 Å². The first-order valence-corrected chi connectivity index (χ1v) is 6.79. The van der Waals surface area contributed by atoms with Crippen LogP contribution in [0.25, 0.3) is 0 Å². The van der Waals surface area contributed by atoms with Crippen molar-refractivity contribution in [1.82, 2.24) is 0 Å². The maximum Gasteiger partial charge on any atom is 0.142 e. The molecule has 0 amide bonds. The summed E-state index contributed by atoms with van der Waals surface area (Å²) in [6.45, 7) is 0.727. The summed E-state index contributed by atoms with van der Waals surface area (Å²) >= 11 is 17.9. The molecule has 0 saturated carbocycles. The van der Waals surface area contributed by atoms with Gasteiger partial charge in [-0.1, -0.05) is 53.0 Å². The molecule has 2 nitrogen and oxygen atoms in total. The minimum atomic E-state index is 0.355. The van der Waals surface area contributed by atoms with E-state index in [0.29, 0.717) is 34.0 Å². The molecule has 0 atom stereocenters. The summed E-state index contributed by atoms with van der Waals surface area (Å²) in [5.74, 6) is 0.609. The third kappa shape index (κ3) is 3.54. The first kappa shape index (κ1) is 14.5. The van der Waals surface area contributed by atoms with Gasteiger partial charge < -0.3 is 10.5 Å². The van der Waals surface area contributed by atoms with Gasteiger partial charge in [-0.2, -0.15) is 0 Å². The molecule has 0 unspecified atom stereocenters. The molecule has 100 valence electrons. The molecule has 2 rings (SSSR count). The monoisotopic (exact) mass is 315 g/mol. The van der Waals surface area contributed by atoms with E-state index in [2.05, 4.69) is 0 Å². The topological polar surface area (TPSA) is 35.2 Å². The van der Waals surface area contributed by atoms with Crippen LogP contribution in [0.1, 0.15) is 11.1 Å². The molecule has 2 aromatic rings. The maximum atomic E-state index is 6.10. The summed E-state index contributed by atoms with van der Waals surface area (Å²) < 4.78 is 5.73. The van der Waals surface area contributed by atoms with Crippen molar-refractivity contribution in [3.63, 3.8) is 0 Å². The van der Waals surface area contributed by atoms with Crippen LogP contribution in [0.4, 0.5) is 0 Å². The second-order valence-corrected chi connectivity index (χ2v) is 5.19. The van der Waals surface area contributed by atoms with E-state index >= 15 is 0 Å². The van der Waals surface area contributed by atoms with E-state index in [9.17, 15) is 0 Å².